The lowest BCUT2D eigenvalue weighted by atomic mass is 10.9. The van der Waals surface area contributed by atoms with Gasteiger partial charge in [-0.3, -0.25) is 0 Å². The Bertz CT molecular complexity index is 200. The fourth-order valence-corrected chi connectivity index (χ4v) is 0. The van der Waals surface area contributed by atoms with E-state index in [1.807, 2.05) is 0 Å². The van der Waals surface area contributed by atoms with Gasteiger partial charge in [-0.1, -0.05) is 122 Å². The first-order chi connectivity index (χ1) is 12.3. The summed E-state index contributed by atoms with van der Waals surface area (Å²) in [6.07, 6.45) is 19.6. The molecule has 0 aromatic carbocycles. The number of rotatable bonds is 0. The zero-order valence-corrected chi connectivity index (χ0v) is 14.1. The highest BCUT2D eigenvalue weighted by Crippen LogP contribution is 1.22. The Morgan fingerprint density at radius 1 is 0.571 bits per heavy atom. The third kappa shape index (κ3) is 4230. The van der Waals surface area contributed by atoms with Crippen LogP contribution in [0, 0.1) is 49.9 Å². The van der Waals surface area contributed by atoms with Crippen molar-refractivity contribution in [3.8, 4) is 49.9 Å². The van der Waals surface area contributed by atoms with E-state index in [1.165, 1.54) is 6.40 Å². The van der Waals surface area contributed by atoms with Gasteiger partial charge in [-0.15, -0.1) is 49.9 Å². The van der Waals surface area contributed by atoms with E-state index in [9.17, 15) is 0 Å². The minimum atomic E-state index is 0. The quantitative estimate of drug-likeness (QED) is 0.338. The van der Waals surface area contributed by atoms with Gasteiger partial charge in [0.1, 0.15) is 1.37 Å². The van der Waals surface area contributed by atoms with Crippen molar-refractivity contribution >= 4 is 0 Å². The molecule has 0 heterocycles. The first kappa shape index (κ1) is 72.0. The molecule has 0 amide bonds. The molecule has 0 fully saturated rings. The number of hydrogen-bond acceptors (Lipinski definition) is 0. The first-order valence-electron chi connectivity index (χ1n) is 9.81. The molecule has 0 aromatic rings. The van der Waals surface area contributed by atoms with E-state index in [4.69, 9.17) is 9.82 Å². The zero-order valence-electron chi connectivity index (χ0n) is 21.1. The Kier molecular flexibility index (Phi) is 24800. The lowest BCUT2D eigenvalue weighted by molar-refractivity contribution is 1.50. The van der Waals surface area contributed by atoms with Gasteiger partial charge in [-0.2, -0.15) is 0 Å². The standard InChI is InChI=1S/3C3H4.4C2H6.C2H2.9CH4.H2/c3*1-3-2;5*1-2;;;;;;;;;;/h3*1H,2H3;4*1-2H3;1-2H;9*1H4;1H/i;;;5*1T;;;;;;;;;;1+2T. The highest BCUT2D eigenvalue weighted by Gasteiger charge is 1.09. The van der Waals surface area contributed by atoms with E-state index in [2.05, 4.69) is 43.5 Å². The molecule has 0 atom stereocenters. The van der Waals surface area contributed by atoms with E-state index < -0.39 is 0 Å². The molecule has 0 heteroatoms. The molecule has 0 aromatic heterocycles. The van der Waals surface area contributed by atoms with Gasteiger partial charge in [-0.05, 0) is 20.8 Å². The highest BCUT2D eigenvalue weighted by atomic mass is 13.2. The minimum absolute atomic E-state index is 0. The van der Waals surface area contributed by atoms with E-state index in [1.54, 1.807) is 48.5 Å². The van der Waals surface area contributed by atoms with Crippen LogP contribution >= 0.6 is 0 Å². The molecular formula is C28H76. The van der Waals surface area contributed by atoms with Gasteiger partial charge in [0.25, 0.3) is 0 Å². The highest BCUT2D eigenvalue weighted by molar-refractivity contribution is 4.74. The molecule has 0 saturated heterocycles. The summed E-state index contributed by atoms with van der Waals surface area (Å²) in [5.41, 5.74) is 0. The van der Waals surface area contributed by atoms with Crippen LogP contribution in [-0.4, -0.2) is 0 Å². The normalized spacial score (nSPS) is 4.18. The predicted molar refractivity (Wildman–Crippen MR) is 161 cm³/mol. The maximum absolute atomic E-state index is 6.21. The van der Waals surface area contributed by atoms with Crippen molar-refractivity contribution in [1.29, 1.82) is 0 Å². The lowest BCUT2D eigenvalue weighted by Crippen LogP contribution is -1.10. The Morgan fingerprint density at radius 2 is 0.571 bits per heavy atom. The summed E-state index contributed by atoms with van der Waals surface area (Å²) in [4.78, 5) is 0. The van der Waals surface area contributed by atoms with Crippen molar-refractivity contribution in [2.24, 2.45) is 0 Å². The van der Waals surface area contributed by atoms with Crippen LogP contribution in [-0.2, 0) is 0 Å². The molecule has 0 aliphatic rings. The first-order valence-corrected chi connectivity index (χ1v) is 5.48. The van der Waals surface area contributed by atoms with Crippen LogP contribution in [0.3, 0.4) is 0 Å². The van der Waals surface area contributed by atoms with Gasteiger partial charge in [0.05, 0.1) is 0 Å². The molecule has 0 unspecified atom stereocenters. The molecule has 0 spiro atoms. The Hall–Kier alpha value is -1.76. The van der Waals surface area contributed by atoms with Crippen molar-refractivity contribution in [3.63, 3.8) is 0 Å². The van der Waals surface area contributed by atoms with E-state index in [-0.39, 0.29) is 66.8 Å². The van der Waals surface area contributed by atoms with E-state index in [0.717, 1.165) is 0 Å². The van der Waals surface area contributed by atoms with Gasteiger partial charge < -0.3 is 0 Å². The van der Waals surface area contributed by atoms with E-state index >= 15 is 0 Å². The van der Waals surface area contributed by atoms with Crippen LogP contribution in [0.5, 0.6) is 0 Å². The molecule has 0 aliphatic heterocycles. The van der Waals surface area contributed by atoms with Gasteiger partial charge in [0, 0.05) is 8.45 Å². The number of terminal acetylenes is 4. The van der Waals surface area contributed by atoms with Crippen LogP contribution in [0.1, 0.15) is 153 Å². The van der Waals surface area contributed by atoms with Crippen molar-refractivity contribution in [2.75, 3.05) is 0 Å². The SMILES string of the molecule is C.C.C.C.C.C.C.C.C.C#CC.C#CC.C#CC.[3H]C#C.[3H]CC.[3H]CC.[3H]CC.[3H]CC.[3H][3H]. The predicted octanol–water partition coefficient (Wildman–Crippen LogP) is 12.2. The maximum atomic E-state index is 6.21. The summed E-state index contributed by atoms with van der Waals surface area (Å²) < 4.78 is 40.6. The second kappa shape index (κ2) is 9650. The minimum Gasteiger partial charge on any atom is -0.124 e. The smallest absolute Gasteiger partial charge is 0.124 e. The third-order valence-electron chi connectivity index (χ3n) is 0. The second-order valence-corrected chi connectivity index (χ2v) is 0.866. The third-order valence-corrected chi connectivity index (χ3v) is 0. The summed E-state index contributed by atoms with van der Waals surface area (Å²) in [5.74, 6) is 6.75. The molecule has 0 nitrogen and oxygen atoms in total. The lowest BCUT2D eigenvalue weighted by Gasteiger charge is -1.23. The summed E-state index contributed by atoms with van der Waals surface area (Å²) >= 11 is 0. The molecule has 0 saturated carbocycles. The van der Waals surface area contributed by atoms with Crippen LogP contribution in [0.15, 0.2) is 0 Å². The van der Waals surface area contributed by atoms with Crippen molar-refractivity contribution < 1.29 is 9.82 Å². The number of hydrogen-bond donors (Lipinski definition) is 0. The molecule has 188 valence electrons. The van der Waals surface area contributed by atoms with Crippen molar-refractivity contribution in [3.05, 3.63) is 0 Å². The largest absolute Gasteiger partial charge is 0.124 e. The van der Waals surface area contributed by atoms with Crippen molar-refractivity contribution in [1.82, 2.24) is 0 Å². The van der Waals surface area contributed by atoms with Gasteiger partial charge >= 0.3 is 0 Å². The zero-order chi connectivity index (χ0) is 23.7. The Morgan fingerprint density at radius 3 is 0.571 bits per heavy atom. The van der Waals surface area contributed by atoms with Gasteiger partial charge in [0.2, 0.25) is 0 Å². The summed E-state index contributed by atoms with van der Waals surface area (Å²) in [5, 5.41) is 0. The van der Waals surface area contributed by atoms with Gasteiger partial charge in [-0.25, -0.2) is 0 Å². The van der Waals surface area contributed by atoms with Crippen LogP contribution < -0.4 is 0 Å². The summed E-state index contributed by atoms with van der Waals surface area (Å²) in [6.45, 7) is 14.1. The molecule has 0 aliphatic carbocycles. The molecular weight excluding hydrogens is 336 g/mol. The molecule has 0 rings (SSSR count). The van der Waals surface area contributed by atoms with E-state index in [0.29, 0.717) is 27.6 Å². The topological polar surface area (TPSA) is 0 Å². The maximum Gasteiger partial charge on any atom is 0.124 e. The van der Waals surface area contributed by atoms with Gasteiger partial charge in [0.15, 0.2) is 0 Å². The van der Waals surface area contributed by atoms with Crippen molar-refractivity contribution in [2.45, 2.75) is 143 Å². The fourth-order valence-electron chi connectivity index (χ4n) is 0. The second-order valence-electron chi connectivity index (χ2n) is 0.866. The molecule has 0 bridgehead atoms. The average Bonchev–Trinajstić information content (AvgIpc) is 2.55. The molecule has 0 N–H and O–H groups in total. The summed E-state index contributed by atoms with van der Waals surface area (Å²) in [7, 11) is 0. The molecule has 0 radical (unpaired) electrons. The fraction of sp³-hybridized carbons (Fsp3) is 0.714. The van der Waals surface area contributed by atoms with Crippen LogP contribution in [0.25, 0.3) is 0 Å². The average molecular weight is 427 g/mol. The summed E-state index contributed by atoms with van der Waals surface area (Å²) in [6, 6.07) is 0. The van der Waals surface area contributed by atoms with Crippen LogP contribution in [0.2, 0.25) is 0 Å². The molecule has 28 heavy (non-hydrogen) atoms. The Labute approximate surface area is 203 Å². The Balaban J connectivity index is -0.00000000563. The van der Waals surface area contributed by atoms with Crippen LogP contribution in [0.4, 0.5) is 0 Å². The monoisotopic (exact) mass is 427 g/mol.